The first-order chi connectivity index (χ1) is 11.1. The van der Waals surface area contributed by atoms with Crippen LogP contribution in [0.15, 0.2) is 42.7 Å². The molecular weight excluding hydrogens is 340 g/mol. The van der Waals surface area contributed by atoms with Crippen LogP contribution in [-0.4, -0.2) is 20.7 Å². The molecule has 0 N–H and O–H groups in total. The molecular formula is C14H7F6N3O. The van der Waals surface area contributed by atoms with Crippen molar-refractivity contribution in [3.63, 3.8) is 0 Å². The molecule has 10 heteroatoms. The van der Waals surface area contributed by atoms with Crippen molar-refractivity contribution < 1.29 is 31.1 Å². The van der Waals surface area contributed by atoms with E-state index in [0.717, 1.165) is 24.4 Å². The minimum Gasteiger partial charge on any atom is -0.406 e. The van der Waals surface area contributed by atoms with Gasteiger partial charge < -0.3 is 4.74 Å². The maximum atomic E-state index is 12.6. The predicted octanol–water partition coefficient (Wildman–Crippen LogP) is 4.31. The Labute approximate surface area is 130 Å². The Kier molecular flexibility index (Phi) is 3.61. The number of benzene rings is 1. The van der Waals surface area contributed by atoms with Gasteiger partial charge in [0.15, 0.2) is 0 Å². The van der Waals surface area contributed by atoms with Gasteiger partial charge in [-0.1, -0.05) is 12.1 Å². The first-order valence-corrected chi connectivity index (χ1v) is 6.41. The Morgan fingerprint density at radius 1 is 1.00 bits per heavy atom. The fraction of sp³-hybridized carbons (Fsp3) is 0.143. The Bertz CT molecular complexity index is 884. The normalized spacial score (nSPS) is 12.6. The average molecular weight is 347 g/mol. The molecule has 1 aromatic carbocycles. The van der Waals surface area contributed by atoms with E-state index >= 15 is 0 Å². The Morgan fingerprint density at radius 2 is 1.75 bits per heavy atom. The molecule has 0 aliphatic rings. The second-order valence-corrected chi connectivity index (χ2v) is 4.70. The zero-order valence-corrected chi connectivity index (χ0v) is 11.6. The molecule has 24 heavy (non-hydrogen) atoms. The van der Waals surface area contributed by atoms with Crippen molar-refractivity contribution in [3.8, 4) is 17.0 Å². The molecule has 0 amide bonds. The third kappa shape index (κ3) is 3.26. The van der Waals surface area contributed by atoms with E-state index in [9.17, 15) is 26.3 Å². The molecule has 3 rings (SSSR count). The van der Waals surface area contributed by atoms with E-state index < -0.39 is 24.0 Å². The monoisotopic (exact) mass is 347 g/mol. The van der Waals surface area contributed by atoms with E-state index in [1.807, 2.05) is 0 Å². The molecule has 126 valence electrons. The molecule has 0 atom stereocenters. The second kappa shape index (κ2) is 5.39. The number of aromatic nitrogens is 3. The van der Waals surface area contributed by atoms with Crippen molar-refractivity contribution in [1.82, 2.24) is 14.4 Å². The Morgan fingerprint density at radius 3 is 2.42 bits per heavy atom. The lowest BCUT2D eigenvalue weighted by atomic mass is 10.1. The van der Waals surface area contributed by atoms with Gasteiger partial charge in [0, 0.05) is 11.8 Å². The maximum Gasteiger partial charge on any atom is 0.573 e. The summed E-state index contributed by atoms with van der Waals surface area (Å²) in [4.78, 5) is 7.15. The summed E-state index contributed by atoms with van der Waals surface area (Å²) in [6, 6.07) is 5.78. The molecule has 0 fully saturated rings. The molecule has 0 aliphatic heterocycles. The summed E-state index contributed by atoms with van der Waals surface area (Å²) in [6.07, 6.45) is -7.14. The quantitative estimate of drug-likeness (QED) is 0.649. The molecule has 2 heterocycles. The van der Waals surface area contributed by atoms with Gasteiger partial charge in [0.1, 0.15) is 11.4 Å². The van der Waals surface area contributed by atoms with Crippen LogP contribution in [0.3, 0.4) is 0 Å². The summed E-state index contributed by atoms with van der Waals surface area (Å²) in [5.41, 5.74) is -0.550. The predicted molar refractivity (Wildman–Crippen MR) is 70.1 cm³/mol. The van der Waals surface area contributed by atoms with E-state index in [4.69, 9.17) is 0 Å². The minimum absolute atomic E-state index is 0.220. The molecule has 4 nitrogen and oxygen atoms in total. The fourth-order valence-corrected chi connectivity index (χ4v) is 2.09. The highest BCUT2D eigenvalue weighted by atomic mass is 19.4. The van der Waals surface area contributed by atoms with Crippen LogP contribution in [0.25, 0.3) is 17.0 Å². The van der Waals surface area contributed by atoms with Crippen molar-refractivity contribution >= 4 is 5.78 Å². The molecule has 0 bridgehead atoms. The summed E-state index contributed by atoms with van der Waals surface area (Å²) >= 11 is 0. The third-order valence-electron chi connectivity index (χ3n) is 3.03. The van der Waals surface area contributed by atoms with Crippen LogP contribution in [0.2, 0.25) is 0 Å². The average Bonchev–Trinajstić information content (AvgIpc) is 2.87. The lowest BCUT2D eigenvalue weighted by molar-refractivity contribution is -0.274. The van der Waals surface area contributed by atoms with Crippen LogP contribution in [-0.2, 0) is 6.18 Å². The summed E-state index contributed by atoms with van der Waals surface area (Å²) < 4.78 is 79.8. The topological polar surface area (TPSA) is 39.4 Å². The molecule has 3 aromatic rings. The van der Waals surface area contributed by atoms with Gasteiger partial charge in [-0.3, -0.25) is 4.40 Å². The highest BCUT2D eigenvalue weighted by Crippen LogP contribution is 2.30. The lowest BCUT2D eigenvalue weighted by Gasteiger charge is -2.10. The van der Waals surface area contributed by atoms with Gasteiger partial charge in [0.25, 0.3) is 0 Å². The number of fused-ring (bicyclic) bond motifs is 1. The summed E-state index contributed by atoms with van der Waals surface area (Å²) in [5, 5.41) is 0. The molecule has 0 saturated heterocycles. The van der Waals surface area contributed by atoms with Gasteiger partial charge in [-0.2, -0.15) is 13.2 Å². The smallest absolute Gasteiger partial charge is 0.406 e. The molecule has 0 unspecified atom stereocenters. The van der Waals surface area contributed by atoms with Gasteiger partial charge in [-0.25, -0.2) is 9.97 Å². The zero-order valence-electron chi connectivity index (χ0n) is 11.6. The Hall–Kier alpha value is -2.78. The first-order valence-electron chi connectivity index (χ1n) is 6.41. The van der Waals surface area contributed by atoms with Crippen molar-refractivity contribution in [2.24, 2.45) is 0 Å². The van der Waals surface area contributed by atoms with Crippen LogP contribution in [0, 0.1) is 0 Å². The van der Waals surface area contributed by atoms with Gasteiger partial charge in [-0.15, -0.1) is 13.2 Å². The molecule has 2 aromatic heterocycles. The van der Waals surface area contributed by atoms with Crippen molar-refractivity contribution in [2.45, 2.75) is 12.5 Å². The zero-order chi connectivity index (χ0) is 17.5. The van der Waals surface area contributed by atoms with Crippen molar-refractivity contribution in [2.75, 3.05) is 0 Å². The van der Waals surface area contributed by atoms with Crippen molar-refractivity contribution in [3.05, 3.63) is 48.4 Å². The van der Waals surface area contributed by atoms with E-state index in [-0.39, 0.29) is 17.0 Å². The maximum absolute atomic E-state index is 12.6. The van der Waals surface area contributed by atoms with Gasteiger partial charge >= 0.3 is 12.5 Å². The van der Waals surface area contributed by atoms with Crippen LogP contribution in [0.4, 0.5) is 26.3 Å². The largest absolute Gasteiger partial charge is 0.573 e. The highest BCUT2D eigenvalue weighted by molar-refractivity contribution is 5.64. The van der Waals surface area contributed by atoms with Gasteiger partial charge in [0.05, 0.1) is 11.9 Å². The van der Waals surface area contributed by atoms with E-state index in [1.54, 1.807) is 0 Å². The SMILES string of the molecule is FC(F)(F)Oc1cccc(-c2cnc3nc(C(F)(F)F)ccn23)c1. The van der Waals surface area contributed by atoms with Crippen molar-refractivity contribution in [1.29, 1.82) is 0 Å². The molecule has 0 spiro atoms. The first kappa shape index (κ1) is 16.1. The van der Waals surface area contributed by atoms with Crippen LogP contribution in [0.5, 0.6) is 5.75 Å². The number of hydrogen-bond acceptors (Lipinski definition) is 3. The number of rotatable bonds is 2. The fourth-order valence-electron chi connectivity index (χ4n) is 2.09. The molecule has 0 saturated carbocycles. The minimum atomic E-state index is -4.85. The summed E-state index contributed by atoms with van der Waals surface area (Å²) in [6.45, 7) is 0. The number of imidazole rings is 1. The standard InChI is InChI=1S/C14H7F6N3O/c15-13(16,17)11-4-5-23-10(7-21-12(23)22-11)8-2-1-3-9(6-8)24-14(18,19)20/h1-7H. The molecule has 0 radical (unpaired) electrons. The molecule has 0 aliphatic carbocycles. The van der Waals surface area contributed by atoms with Gasteiger partial charge in [-0.05, 0) is 18.2 Å². The summed E-state index contributed by atoms with van der Waals surface area (Å²) in [7, 11) is 0. The number of halogens is 6. The van der Waals surface area contributed by atoms with Crippen LogP contribution >= 0.6 is 0 Å². The van der Waals surface area contributed by atoms with Crippen LogP contribution in [0.1, 0.15) is 5.69 Å². The highest BCUT2D eigenvalue weighted by Gasteiger charge is 2.33. The number of ether oxygens (including phenoxy) is 1. The lowest BCUT2D eigenvalue weighted by Crippen LogP contribution is -2.17. The third-order valence-corrected chi connectivity index (χ3v) is 3.03. The van der Waals surface area contributed by atoms with Gasteiger partial charge in [0.2, 0.25) is 5.78 Å². The Balaban J connectivity index is 2.03. The van der Waals surface area contributed by atoms with E-state index in [0.29, 0.717) is 0 Å². The summed E-state index contributed by atoms with van der Waals surface area (Å²) in [5.74, 6) is -0.670. The number of nitrogens with zero attached hydrogens (tertiary/aromatic N) is 3. The number of alkyl halides is 6. The number of hydrogen-bond donors (Lipinski definition) is 0. The van der Waals surface area contributed by atoms with E-state index in [1.165, 1.54) is 22.7 Å². The van der Waals surface area contributed by atoms with Crippen LogP contribution < -0.4 is 4.74 Å². The second-order valence-electron chi connectivity index (χ2n) is 4.70. The van der Waals surface area contributed by atoms with E-state index in [2.05, 4.69) is 14.7 Å².